The number of carbonyl (C=O) groups is 1. The van der Waals surface area contributed by atoms with E-state index in [2.05, 4.69) is 20.9 Å². The normalized spacial score (nSPS) is 25.4. The van der Waals surface area contributed by atoms with E-state index in [0.717, 1.165) is 44.0 Å². The van der Waals surface area contributed by atoms with Gasteiger partial charge in [0.05, 0.1) is 13.2 Å². The summed E-state index contributed by atoms with van der Waals surface area (Å²) in [6, 6.07) is 2.11. The molecular weight excluding hydrogens is 304 g/mol. The molecule has 3 fully saturated rings. The second-order valence-corrected chi connectivity index (χ2v) is 7.12. The van der Waals surface area contributed by atoms with Gasteiger partial charge in [0.1, 0.15) is 12.1 Å². The Kier molecular flexibility index (Phi) is 4.65. The highest BCUT2D eigenvalue weighted by atomic mass is 16.5. The average molecular weight is 330 g/mol. The molecule has 130 valence electrons. The molecule has 6 heteroatoms. The second kappa shape index (κ2) is 7.05. The summed E-state index contributed by atoms with van der Waals surface area (Å²) in [6.07, 6.45) is 8.52. The van der Waals surface area contributed by atoms with Gasteiger partial charge >= 0.3 is 0 Å². The van der Waals surface area contributed by atoms with Gasteiger partial charge in [0.2, 0.25) is 0 Å². The van der Waals surface area contributed by atoms with Crippen LogP contribution in [0.4, 0.5) is 5.82 Å². The zero-order valence-corrected chi connectivity index (χ0v) is 14.2. The van der Waals surface area contributed by atoms with Gasteiger partial charge in [-0.15, -0.1) is 0 Å². The van der Waals surface area contributed by atoms with Gasteiger partial charge in [-0.2, -0.15) is 0 Å². The summed E-state index contributed by atoms with van der Waals surface area (Å²) in [5.74, 6) is 1.68. The summed E-state index contributed by atoms with van der Waals surface area (Å²) in [5.41, 5.74) is 1.15. The average Bonchev–Trinajstić information content (AvgIpc) is 2.61. The van der Waals surface area contributed by atoms with Gasteiger partial charge in [-0.05, 0) is 32.1 Å². The Bertz CT molecular complexity index is 584. The highest BCUT2D eigenvalue weighted by molar-refractivity contribution is 5.82. The Morgan fingerprint density at radius 2 is 1.92 bits per heavy atom. The smallest absolute Gasteiger partial charge is 0.253 e. The van der Waals surface area contributed by atoms with Crippen LogP contribution in [0.1, 0.15) is 50.1 Å². The highest BCUT2D eigenvalue weighted by Gasteiger charge is 2.32. The summed E-state index contributed by atoms with van der Waals surface area (Å²) in [5, 5.41) is 0. The quantitative estimate of drug-likeness (QED) is 0.848. The molecule has 0 spiro atoms. The SMILES string of the molecule is O=C(C1CN(c2cc(C3CCC3)ncn2)CCO1)N1CCCCC1. The van der Waals surface area contributed by atoms with E-state index in [1.54, 1.807) is 6.33 Å². The van der Waals surface area contributed by atoms with Crippen molar-refractivity contribution in [2.45, 2.75) is 50.5 Å². The molecule has 1 amide bonds. The zero-order chi connectivity index (χ0) is 16.4. The fourth-order valence-electron chi connectivity index (χ4n) is 3.79. The molecule has 0 radical (unpaired) electrons. The van der Waals surface area contributed by atoms with E-state index in [-0.39, 0.29) is 12.0 Å². The molecule has 0 aromatic carbocycles. The number of aromatic nitrogens is 2. The van der Waals surface area contributed by atoms with Crippen molar-refractivity contribution in [3.8, 4) is 0 Å². The van der Waals surface area contributed by atoms with Crippen molar-refractivity contribution in [2.24, 2.45) is 0 Å². The molecule has 2 saturated heterocycles. The molecular formula is C18H26N4O2. The predicted molar refractivity (Wildman–Crippen MR) is 91.0 cm³/mol. The molecule has 24 heavy (non-hydrogen) atoms. The summed E-state index contributed by atoms with van der Waals surface area (Å²) in [6.45, 7) is 3.70. The van der Waals surface area contributed by atoms with Crippen LogP contribution in [0.5, 0.6) is 0 Å². The number of hydrogen-bond acceptors (Lipinski definition) is 5. The number of anilines is 1. The first-order valence-corrected chi connectivity index (χ1v) is 9.28. The second-order valence-electron chi connectivity index (χ2n) is 7.12. The molecule has 2 aliphatic heterocycles. The van der Waals surface area contributed by atoms with Crippen molar-refractivity contribution in [1.82, 2.24) is 14.9 Å². The van der Waals surface area contributed by atoms with Crippen LogP contribution in [-0.2, 0) is 9.53 Å². The first kappa shape index (κ1) is 15.8. The molecule has 1 aliphatic carbocycles. The lowest BCUT2D eigenvalue weighted by molar-refractivity contribution is -0.145. The standard InChI is InChI=1S/C18H26N4O2/c23-18(21-7-2-1-3-8-21)16-12-22(9-10-24-16)17-11-15(19-13-20-17)14-5-4-6-14/h11,13-14,16H,1-10,12H2. The molecule has 1 aromatic rings. The summed E-state index contributed by atoms with van der Waals surface area (Å²) >= 11 is 0. The first-order chi connectivity index (χ1) is 11.8. The van der Waals surface area contributed by atoms with Gasteiger partial charge < -0.3 is 14.5 Å². The minimum atomic E-state index is -0.362. The third-order valence-corrected chi connectivity index (χ3v) is 5.53. The Balaban J connectivity index is 1.43. The number of hydrogen-bond donors (Lipinski definition) is 0. The van der Waals surface area contributed by atoms with Crippen molar-refractivity contribution in [2.75, 3.05) is 37.7 Å². The van der Waals surface area contributed by atoms with Gasteiger partial charge in [0.25, 0.3) is 5.91 Å². The van der Waals surface area contributed by atoms with Crippen LogP contribution in [0.25, 0.3) is 0 Å². The van der Waals surface area contributed by atoms with Crippen LogP contribution in [0, 0.1) is 0 Å². The minimum Gasteiger partial charge on any atom is -0.365 e. The van der Waals surface area contributed by atoms with E-state index in [0.29, 0.717) is 19.1 Å². The number of amides is 1. The van der Waals surface area contributed by atoms with Crippen LogP contribution in [-0.4, -0.2) is 59.7 Å². The minimum absolute atomic E-state index is 0.146. The third kappa shape index (κ3) is 3.24. The molecule has 0 N–H and O–H groups in total. The molecule has 6 nitrogen and oxygen atoms in total. The highest BCUT2D eigenvalue weighted by Crippen LogP contribution is 2.36. The topological polar surface area (TPSA) is 58.6 Å². The van der Waals surface area contributed by atoms with Gasteiger partial charge in [0.15, 0.2) is 6.10 Å². The third-order valence-electron chi connectivity index (χ3n) is 5.53. The van der Waals surface area contributed by atoms with Crippen LogP contribution in [0.2, 0.25) is 0 Å². The molecule has 3 aliphatic rings. The summed E-state index contributed by atoms with van der Waals surface area (Å²) < 4.78 is 5.78. The maximum atomic E-state index is 12.7. The Hall–Kier alpha value is -1.69. The zero-order valence-electron chi connectivity index (χ0n) is 14.2. The molecule has 1 aromatic heterocycles. The lowest BCUT2D eigenvalue weighted by Crippen LogP contribution is -2.52. The van der Waals surface area contributed by atoms with Gasteiger partial charge in [0, 0.05) is 37.3 Å². The van der Waals surface area contributed by atoms with E-state index >= 15 is 0 Å². The van der Waals surface area contributed by atoms with E-state index in [1.165, 1.54) is 25.7 Å². The number of ether oxygens (including phenoxy) is 1. The number of morpholine rings is 1. The van der Waals surface area contributed by atoms with E-state index in [9.17, 15) is 4.79 Å². The van der Waals surface area contributed by atoms with Crippen molar-refractivity contribution < 1.29 is 9.53 Å². The predicted octanol–water partition coefficient (Wildman–Crippen LogP) is 1.96. The molecule has 1 unspecified atom stereocenters. The van der Waals surface area contributed by atoms with Crippen molar-refractivity contribution in [3.05, 3.63) is 18.1 Å². The Morgan fingerprint density at radius 3 is 2.67 bits per heavy atom. The van der Waals surface area contributed by atoms with Crippen LogP contribution in [0.15, 0.2) is 12.4 Å². The lowest BCUT2D eigenvalue weighted by atomic mass is 9.83. The molecule has 3 heterocycles. The van der Waals surface area contributed by atoms with Crippen molar-refractivity contribution in [3.63, 3.8) is 0 Å². The van der Waals surface area contributed by atoms with Crippen LogP contribution < -0.4 is 4.90 Å². The van der Waals surface area contributed by atoms with Gasteiger partial charge in [-0.1, -0.05) is 6.42 Å². The fraction of sp³-hybridized carbons (Fsp3) is 0.722. The fourth-order valence-corrected chi connectivity index (χ4v) is 3.79. The van der Waals surface area contributed by atoms with E-state index < -0.39 is 0 Å². The Morgan fingerprint density at radius 1 is 1.08 bits per heavy atom. The number of rotatable bonds is 3. The van der Waals surface area contributed by atoms with E-state index in [1.807, 2.05) is 4.90 Å². The number of likely N-dealkylation sites (tertiary alicyclic amines) is 1. The summed E-state index contributed by atoms with van der Waals surface area (Å²) in [7, 11) is 0. The van der Waals surface area contributed by atoms with Crippen LogP contribution in [0.3, 0.4) is 0 Å². The molecule has 0 bridgehead atoms. The number of carbonyl (C=O) groups excluding carboxylic acids is 1. The maximum Gasteiger partial charge on any atom is 0.253 e. The monoisotopic (exact) mass is 330 g/mol. The Labute approximate surface area is 143 Å². The van der Waals surface area contributed by atoms with Crippen molar-refractivity contribution in [1.29, 1.82) is 0 Å². The van der Waals surface area contributed by atoms with Crippen molar-refractivity contribution >= 4 is 11.7 Å². The number of piperidine rings is 1. The van der Waals surface area contributed by atoms with Crippen LogP contribution >= 0.6 is 0 Å². The van der Waals surface area contributed by atoms with E-state index in [4.69, 9.17) is 4.74 Å². The maximum absolute atomic E-state index is 12.7. The van der Waals surface area contributed by atoms with Gasteiger partial charge in [-0.25, -0.2) is 9.97 Å². The number of nitrogens with zero attached hydrogens (tertiary/aromatic N) is 4. The first-order valence-electron chi connectivity index (χ1n) is 9.28. The summed E-state index contributed by atoms with van der Waals surface area (Å²) in [4.78, 5) is 25.7. The molecule has 1 saturated carbocycles. The molecule has 4 rings (SSSR count). The lowest BCUT2D eigenvalue weighted by Gasteiger charge is -2.37. The van der Waals surface area contributed by atoms with Gasteiger partial charge in [-0.3, -0.25) is 4.79 Å². The largest absolute Gasteiger partial charge is 0.365 e. The molecule has 1 atom stereocenters.